The highest BCUT2D eigenvalue weighted by molar-refractivity contribution is 8.06. The largest absolute Gasteiger partial charge is 0.457 e. The van der Waals surface area contributed by atoms with E-state index in [-0.39, 0.29) is 29.1 Å². The molecule has 0 aromatic carbocycles. The van der Waals surface area contributed by atoms with E-state index in [1.165, 1.54) is 0 Å². The van der Waals surface area contributed by atoms with Crippen LogP contribution in [0.2, 0.25) is 0 Å². The average molecular weight is 322 g/mol. The topological polar surface area (TPSA) is 62.7 Å². The lowest BCUT2D eigenvalue weighted by molar-refractivity contribution is -0.140. The summed E-state index contributed by atoms with van der Waals surface area (Å²) in [5.41, 5.74) is 9.23. The fraction of sp³-hybridized carbons (Fsp3) is 0.647. The van der Waals surface area contributed by atoms with E-state index in [1.54, 1.807) is 18.7 Å². The average Bonchev–Trinajstić information content (AvgIpc) is 2.37. The Morgan fingerprint density at radius 3 is 1.95 bits per heavy atom. The van der Waals surface area contributed by atoms with Crippen LogP contribution < -0.4 is 0 Å². The van der Waals surface area contributed by atoms with Gasteiger partial charge in [-0.3, -0.25) is 0 Å². The SMILES string of the molecule is CCOC(=O)C(=[N+]=[N-])C1C=C(C(C)(C)C)SC(C(C)(C)C)=C1. The molecule has 0 bridgehead atoms. The maximum atomic E-state index is 12.0. The predicted molar refractivity (Wildman–Crippen MR) is 91.4 cm³/mol. The molecule has 0 N–H and O–H groups in total. The molecule has 4 nitrogen and oxygen atoms in total. The molecule has 1 aliphatic rings. The van der Waals surface area contributed by atoms with Crippen LogP contribution in [0.15, 0.2) is 22.0 Å². The van der Waals surface area contributed by atoms with E-state index < -0.39 is 5.97 Å². The lowest BCUT2D eigenvalue weighted by Gasteiger charge is -2.32. The Bertz CT molecular complexity index is 526. The molecule has 0 fully saturated rings. The fourth-order valence-corrected chi connectivity index (χ4v) is 3.25. The minimum Gasteiger partial charge on any atom is -0.457 e. The zero-order valence-electron chi connectivity index (χ0n) is 14.6. The maximum absolute atomic E-state index is 12.0. The molecule has 122 valence electrons. The van der Waals surface area contributed by atoms with Crippen LogP contribution in [-0.2, 0) is 9.53 Å². The molecule has 0 amide bonds. The number of rotatable bonds is 3. The Hall–Kier alpha value is -1.32. The van der Waals surface area contributed by atoms with Crippen molar-refractivity contribution in [2.75, 3.05) is 6.61 Å². The van der Waals surface area contributed by atoms with Crippen molar-refractivity contribution in [3.05, 3.63) is 27.5 Å². The third-order valence-electron chi connectivity index (χ3n) is 3.27. The first kappa shape index (κ1) is 18.7. The number of carbonyl (C=O) groups excluding carboxylic acids is 1. The third kappa shape index (κ3) is 4.59. The van der Waals surface area contributed by atoms with Gasteiger partial charge in [-0.1, -0.05) is 65.5 Å². The molecule has 22 heavy (non-hydrogen) atoms. The highest BCUT2D eigenvalue weighted by Gasteiger charge is 2.36. The van der Waals surface area contributed by atoms with Gasteiger partial charge in [-0.05, 0) is 27.6 Å². The van der Waals surface area contributed by atoms with Crippen LogP contribution in [0.1, 0.15) is 48.5 Å². The Labute approximate surface area is 137 Å². The minimum absolute atomic E-state index is 0.0330. The number of carbonyl (C=O) groups is 1. The van der Waals surface area contributed by atoms with Gasteiger partial charge in [-0.25, -0.2) is 4.79 Å². The van der Waals surface area contributed by atoms with Crippen LogP contribution >= 0.6 is 11.8 Å². The molecule has 1 heterocycles. The monoisotopic (exact) mass is 322 g/mol. The van der Waals surface area contributed by atoms with E-state index in [0.717, 1.165) is 9.81 Å². The Morgan fingerprint density at radius 1 is 1.18 bits per heavy atom. The number of ether oxygens (including phenoxy) is 1. The van der Waals surface area contributed by atoms with Crippen LogP contribution in [0.4, 0.5) is 0 Å². The summed E-state index contributed by atoms with van der Waals surface area (Å²) in [5, 5.41) is 0. The number of nitrogens with zero attached hydrogens (tertiary/aromatic N) is 2. The van der Waals surface area contributed by atoms with Gasteiger partial charge in [-0.15, -0.1) is 0 Å². The molecule has 0 saturated carbocycles. The van der Waals surface area contributed by atoms with Crippen molar-refractivity contribution in [3.8, 4) is 0 Å². The highest BCUT2D eigenvalue weighted by atomic mass is 32.2. The van der Waals surface area contributed by atoms with E-state index in [2.05, 4.69) is 46.3 Å². The lowest BCUT2D eigenvalue weighted by Crippen LogP contribution is -2.28. The highest BCUT2D eigenvalue weighted by Crippen LogP contribution is 2.48. The molecule has 0 unspecified atom stereocenters. The number of hydrogen-bond donors (Lipinski definition) is 0. The molecule has 0 atom stereocenters. The van der Waals surface area contributed by atoms with Crippen molar-refractivity contribution >= 4 is 23.4 Å². The smallest absolute Gasteiger partial charge is 0.417 e. The first-order valence-corrected chi connectivity index (χ1v) is 8.34. The number of allylic oxidation sites excluding steroid dienone is 4. The van der Waals surface area contributed by atoms with Gasteiger partial charge < -0.3 is 10.3 Å². The van der Waals surface area contributed by atoms with Crippen LogP contribution in [0, 0.1) is 16.7 Å². The van der Waals surface area contributed by atoms with Gasteiger partial charge in [0.25, 0.3) is 0 Å². The predicted octanol–water partition coefficient (Wildman–Crippen LogP) is 4.44. The summed E-state index contributed by atoms with van der Waals surface area (Å²) in [5.74, 6) is -0.940. The van der Waals surface area contributed by atoms with Gasteiger partial charge in [0, 0.05) is 0 Å². The van der Waals surface area contributed by atoms with Gasteiger partial charge in [-0.2, -0.15) is 4.79 Å². The molecular weight excluding hydrogens is 296 g/mol. The van der Waals surface area contributed by atoms with Crippen LogP contribution in [0.5, 0.6) is 0 Å². The normalized spacial score (nSPS) is 16.5. The van der Waals surface area contributed by atoms with Crippen LogP contribution in [0.3, 0.4) is 0 Å². The van der Waals surface area contributed by atoms with Gasteiger partial charge >= 0.3 is 11.7 Å². The zero-order valence-corrected chi connectivity index (χ0v) is 15.4. The number of thioether (sulfide) groups is 1. The molecule has 0 aliphatic carbocycles. The van der Waals surface area contributed by atoms with Crippen molar-refractivity contribution in [2.45, 2.75) is 48.5 Å². The van der Waals surface area contributed by atoms with Gasteiger partial charge in [0.2, 0.25) is 0 Å². The summed E-state index contributed by atoms with van der Waals surface area (Å²) in [6.45, 7) is 14.8. The second kappa shape index (κ2) is 6.84. The van der Waals surface area contributed by atoms with Crippen molar-refractivity contribution < 1.29 is 14.3 Å². The van der Waals surface area contributed by atoms with Crippen molar-refractivity contribution in [3.63, 3.8) is 0 Å². The van der Waals surface area contributed by atoms with Crippen molar-refractivity contribution in [2.24, 2.45) is 16.7 Å². The second-order valence-electron chi connectivity index (χ2n) is 7.40. The lowest BCUT2D eigenvalue weighted by atomic mass is 9.88. The first-order chi connectivity index (χ1) is 10.0. The van der Waals surface area contributed by atoms with Gasteiger partial charge in [0.05, 0.1) is 6.61 Å². The Balaban J connectivity index is 3.31. The first-order valence-electron chi connectivity index (χ1n) is 7.52. The quantitative estimate of drug-likeness (QED) is 0.334. The second-order valence-corrected chi connectivity index (χ2v) is 8.48. The molecule has 5 heteroatoms. The standard InChI is InChI=1S/C17H26N2O2S/c1-8-21-15(20)14(19-18)11-9-12(16(2,3)4)22-13(10-11)17(5,6)7/h9-11H,8H2,1-7H3. The van der Waals surface area contributed by atoms with Gasteiger partial charge in [0.1, 0.15) is 5.92 Å². The minimum atomic E-state index is -0.573. The summed E-state index contributed by atoms with van der Waals surface area (Å²) in [6, 6.07) is 0. The molecule has 1 rings (SSSR count). The zero-order chi connectivity index (χ0) is 17.1. The van der Waals surface area contributed by atoms with E-state index in [9.17, 15) is 10.3 Å². The van der Waals surface area contributed by atoms with E-state index in [4.69, 9.17) is 4.74 Å². The molecule has 0 spiro atoms. The van der Waals surface area contributed by atoms with E-state index in [1.807, 2.05) is 12.2 Å². The molecule has 1 aliphatic heterocycles. The Kier molecular flexibility index (Phi) is 5.82. The van der Waals surface area contributed by atoms with Crippen molar-refractivity contribution in [1.82, 2.24) is 0 Å². The van der Waals surface area contributed by atoms with Crippen LogP contribution in [-0.4, -0.2) is 23.1 Å². The van der Waals surface area contributed by atoms with Crippen molar-refractivity contribution in [1.29, 1.82) is 0 Å². The molecule has 0 saturated heterocycles. The maximum Gasteiger partial charge on any atom is 0.417 e. The van der Waals surface area contributed by atoms with Crippen LogP contribution in [0.25, 0.3) is 5.53 Å². The third-order valence-corrected chi connectivity index (χ3v) is 5.20. The summed E-state index contributed by atoms with van der Waals surface area (Å²) >= 11 is 1.74. The number of hydrogen-bond acceptors (Lipinski definition) is 3. The molecular formula is C17H26N2O2S. The summed E-state index contributed by atoms with van der Waals surface area (Å²) in [4.78, 5) is 17.5. The molecule has 0 radical (unpaired) electrons. The summed E-state index contributed by atoms with van der Waals surface area (Å²) < 4.78 is 4.99. The number of esters is 1. The fourth-order valence-electron chi connectivity index (χ4n) is 1.97. The van der Waals surface area contributed by atoms with E-state index in [0.29, 0.717) is 0 Å². The van der Waals surface area contributed by atoms with E-state index >= 15 is 0 Å². The molecule has 0 aromatic heterocycles. The summed E-state index contributed by atoms with van der Waals surface area (Å²) in [7, 11) is 0. The summed E-state index contributed by atoms with van der Waals surface area (Å²) in [6.07, 6.45) is 3.98. The molecule has 0 aromatic rings. The Morgan fingerprint density at radius 2 is 1.64 bits per heavy atom. The van der Waals surface area contributed by atoms with Gasteiger partial charge in [0.15, 0.2) is 0 Å².